The van der Waals surface area contributed by atoms with Gasteiger partial charge in [0.2, 0.25) is 5.60 Å². The highest BCUT2D eigenvalue weighted by atomic mass is 16.7. The van der Waals surface area contributed by atoms with E-state index in [0.29, 0.717) is 0 Å². The molecule has 24 heavy (non-hydrogen) atoms. The van der Waals surface area contributed by atoms with E-state index >= 15 is 0 Å². The van der Waals surface area contributed by atoms with Gasteiger partial charge in [0.05, 0.1) is 0 Å². The zero-order valence-corrected chi connectivity index (χ0v) is 13.7. The molecule has 124 valence electrons. The lowest BCUT2D eigenvalue weighted by molar-refractivity contribution is -0.157. The molecular weight excluding hydrogens is 300 g/mol. The van der Waals surface area contributed by atoms with E-state index in [2.05, 4.69) is 0 Å². The second kappa shape index (κ2) is 6.40. The molecule has 1 saturated carbocycles. The molecule has 0 aromatic heterocycles. The van der Waals surface area contributed by atoms with Gasteiger partial charge in [0.15, 0.2) is 0 Å². The van der Waals surface area contributed by atoms with Gasteiger partial charge in [-0.1, -0.05) is 67.1 Å². The second-order valence-corrected chi connectivity index (χ2v) is 6.68. The van der Waals surface area contributed by atoms with E-state index < -0.39 is 5.60 Å². The number of carbonyl (C=O) groups excluding carboxylic acids is 1. The van der Waals surface area contributed by atoms with Gasteiger partial charge in [-0.2, -0.15) is 0 Å². The minimum Gasteiger partial charge on any atom is -0.460 e. The van der Waals surface area contributed by atoms with Crippen LogP contribution in [0.3, 0.4) is 0 Å². The van der Waals surface area contributed by atoms with E-state index in [1.54, 1.807) is 0 Å². The van der Waals surface area contributed by atoms with Crippen molar-refractivity contribution in [3.05, 3.63) is 71.8 Å². The average Bonchev–Trinajstić information content (AvgIpc) is 3.41. The van der Waals surface area contributed by atoms with E-state index in [1.807, 2.05) is 60.7 Å². The number of rotatable bonds is 4. The minimum absolute atomic E-state index is 0.0347. The van der Waals surface area contributed by atoms with Crippen LogP contribution in [-0.2, 0) is 19.9 Å². The van der Waals surface area contributed by atoms with Gasteiger partial charge in [-0.3, -0.25) is 0 Å². The maximum Gasteiger partial charge on any atom is 0.346 e. The molecule has 3 nitrogen and oxygen atoms in total. The first-order valence-electron chi connectivity index (χ1n) is 8.80. The molecule has 2 aliphatic rings. The van der Waals surface area contributed by atoms with Crippen LogP contribution >= 0.6 is 0 Å². The third-order valence-corrected chi connectivity index (χ3v) is 5.05. The summed E-state index contributed by atoms with van der Waals surface area (Å²) in [7, 11) is 0. The SMILES string of the molecule is O=C(OC1CCCCC1)C1(c2ccccc2)OC1c1ccccc1. The van der Waals surface area contributed by atoms with Gasteiger partial charge in [0.25, 0.3) is 0 Å². The molecule has 0 radical (unpaired) electrons. The summed E-state index contributed by atoms with van der Waals surface area (Å²) in [5.41, 5.74) is 0.904. The lowest BCUT2D eigenvalue weighted by Gasteiger charge is -2.24. The van der Waals surface area contributed by atoms with Gasteiger partial charge in [0, 0.05) is 0 Å². The third kappa shape index (κ3) is 2.73. The maximum atomic E-state index is 13.0. The fourth-order valence-electron chi connectivity index (χ4n) is 3.68. The van der Waals surface area contributed by atoms with E-state index in [4.69, 9.17) is 9.47 Å². The summed E-state index contributed by atoms with van der Waals surface area (Å²) in [4.78, 5) is 13.0. The zero-order chi connectivity index (χ0) is 16.4. The molecule has 2 fully saturated rings. The number of carbonyl (C=O) groups is 1. The number of benzene rings is 2. The molecule has 1 aliphatic carbocycles. The molecule has 1 aliphatic heterocycles. The third-order valence-electron chi connectivity index (χ3n) is 5.05. The highest BCUT2D eigenvalue weighted by Crippen LogP contribution is 2.58. The van der Waals surface area contributed by atoms with Crippen LogP contribution in [0.15, 0.2) is 60.7 Å². The Hall–Kier alpha value is -2.13. The fourth-order valence-corrected chi connectivity index (χ4v) is 3.68. The normalized spacial score (nSPS) is 26.8. The molecule has 0 spiro atoms. The number of esters is 1. The molecule has 0 amide bonds. The summed E-state index contributed by atoms with van der Waals surface area (Å²) in [6.07, 6.45) is 5.21. The van der Waals surface area contributed by atoms with E-state index in [0.717, 1.165) is 36.8 Å². The minimum atomic E-state index is -0.986. The molecule has 2 aromatic carbocycles. The summed E-state index contributed by atoms with van der Waals surface area (Å²) in [6.45, 7) is 0. The predicted molar refractivity (Wildman–Crippen MR) is 91.4 cm³/mol. The van der Waals surface area contributed by atoms with Crippen molar-refractivity contribution < 1.29 is 14.3 Å². The first kappa shape index (κ1) is 15.4. The average molecular weight is 322 g/mol. The van der Waals surface area contributed by atoms with Crippen molar-refractivity contribution in [3.8, 4) is 0 Å². The number of hydrogen-bond donors (Lipinski definition) is 0. The molecule has 3 heteroatoms. The topological polar surface area (TPSA) is 38.8 Å². The Morgan fingerprint density at radius 3 is 2.21 bits per heavy atom. The van der Waals surface area contributed by atoms with E-state index in [1.165, 1.54) is 6.42 Å². The zero-order valence-electron chi connectivity index (χ0n) is 13.7. The quantitative estimate of drug-likeness (QED) is 0.613. The Kier molecular flexibility index (Phi) is 4.11. The fraction of sp³-hybridized carbons (Fsp3) is 0.381. The first-order valence-corrected chi connectivity index (χ1v) is 8.80. The Morgan fingerprint density at radius 2 is 1.54 bits per heavy atom. The first-order chi connectivity index (χ1) is 11.8. The summed E-state index contributed by atoms with van der Waals surface area (Å²) >= 11 is 0. The lowest BCUT2D eigenvalue weighted by Crippen LogP contribution is -2.31. The van der Waals surface area contributed by atoms with E-state index in [9.17, 15) is 4.79 Å². The number of hydrogen-bond acceptors (Lipinski definition) is 3. The molecule has 2 atom stereocenters. The molecule has 2 unspecified atom stereocenters. The lowest BCUT2D eigenvalue weighted by atomic mass is 9.91. The standard InChI is InChI=1S/C21H22O3/c22-20(23-18-14-8-3-9-15-18)21(17-12-6-2-7-13-17)19(24-21)16-10-4-1-5-11-16/h1-2,4-7,10-13,18-19H,3,8-9,14-15H2. The predicted octanol–water partition coefficient (Wildman–Crippen LogP) is 4.53. The maximum absolute atomic E-state index is 13.0. The van der Waals surface area contributed by atoms with Crippen LogP contribution in [0.5, 0.6) is 0 Å². The van der Waals surface area contributed by atoms with Crippen molar-refractivity contribution in [2.75, 3.05) is 0 Å². The van der Waals surface area contributed by atoms with Gasteiger partial charge in [-0.05, 0) is 36.8 Å². The van der Waals surface area contributed by atoms with Gasteiger partial charge in [-0.25, -0.2) is 4.79 Å². The summed E-state index contributed by atoms with van der Waals surface area (Å²) in [6, 6.07) is 19.6. The van der Waals surface area contributed by atoms with Crippen molar-refractivity contribution in [2.24, 2.45) is 0 Å². The molecule has 1 saturated heterocycles. The van der Waals surface area contributed by atoms with Crippen molar-refractivity contribution >= 4 is 5.97 Å². The van der Waals surface area contributed by atoms with Crippen LogP contribution in [0.4, 0.5) is 0 Å². The monoisotopic (exact) mass is 322 g/mol. The van der Waals surface area contributed by atoms with Crippen molar-refractivity contribution in [2.45, 2.75) is 49.9 Å². The van der Waals surface area contributed by atoms with Crippen LogP contribution < -0.4 is 0 Å². The molecule has 1 heterocycles. The van der Waals surface area contributed by atoms with Crippen LogP contribution in [0, 0.1) is 0 Å². The highest BCUT2D eigenvalue weighted by molar-refractivity contribution is 5.85. The molecular formula is C21H22O3. The van der Waals surface area contributed by atoms with Gasteiger partial charge in [0.1, 0.15) is 12.2 Å². The van der Waals surface area contributed by atoms with Gasteiger partial charge in [-0.15, -0.1) is 0 Å². The van der Waals surface area contributed by atoms with Crippen LogP contribution in [0.1, 0.15) is 49.3 Å². The Balaban J connectivity index is 1.61. The van der Waals surface area contributed by atoms with Crippen molar-refractivity contribution in [1.82, 2.24) is 0 Å². The van der Waals surface area contributed by atoms with Crippen molar-refractivity contribution in [1.29, 1.82) is 0 Å². The number of epoxide rings is 1. The molecule has 2 aromatic rings. The van der Waals surface area contributed by atoms with Gasteiger partial charge < -0.3 is 9.47 Å². The summed E-state index contributed by atoms with van der Waals surface area (Å²) < 4.78 is 11.9. The highest BCUT2D eigenvalue weighted by Gasteiger charge is 2.66. The largest absolute Gasteiger partial charge is 0.460 e. The van der Waals surface area contributed by atoms with Crippen LogP contribution in [0.2, 0.25) is 0 Å². The Labute approximate surface area is 142 Å². The molecule has 4 rings (SSSR count). The summed E-state index contributed by atoms with van der Waals surface area (Å²) in [5, 5.41) is 0. The Morgan fingerprint density at radius 1 is 0.917 bits per heavy atom. The molecule has 0 N–H and O–H groups in total. The van der Waals surface area contributed by atoms with Crippen LogP contribution in [-0.4, -0.2) is 12.1 Å². The van der Waals surface area contributed by atoms with Gasteiger partial charge >= 0.3 is 5.97 Å². The molecule has 0 bridgehead atoms. The van der Waals surface area contributed by atoms with Crippen molar-refractivity contribution in [3.63, 3.8) is 0 Å². The van der Waals surface area contributed by atoms with E-state index in [-0.39, 0.29) is 18.2 Å². The van der Waals surface area contributed by atoms with Crippen LogP contribution in [0.25, 0.3) is 0 Å². The summed E-state index contributed by atoms with van der Waals surface area (Å²) in [5.74, 6) is -0.241. The Bertz CT molecular complexity index is 692. The smallest absolute Gasteiger partial charge is 0.346 e. The second-order valence-electron chi connectivity index (χ2n) is 6.68. The number of ether oxygens (including phenoxy) is 2.